The molecule has 3 aliphatic rings. The Hall–Kier alpha value is -3.78. The molecular weight excluding hydrogens is 564 g/mol. The van der Waals surface area contributed by atoms with Crippen LogP contribution in [-0.4, -0.2) is 30.9 Å². The monoisotopic (exact) mass is 608 g/mol. The second kappa shape index (κ2) is 11.9. The van der Waals surface area contributed by atoms with E-state index in [1.54, 1.807) is 4.57 Å². The van der Waals surface area contributed by atoms with E-state index in [2.05, 4.69) is 24.0 Å². The van der Waals surface area contributed by atoms with Crippen LogP contribution in [0.3, 0.4) is 0 Å². The number of nitrogens with one attached hydrogen (secondary N) is 1. The Morgan fingerprint density at radius 2 is 1.84 bits per heavy atom. The first kappa shape index (κ1) is 29.9. The van der Waals surface area contributed by atoms with Crippen molar-refractivity contribution in [2.75, 3.05) is 0 Å². The first-order chi connectivity index (χ1) is 21.8. The van der Waals surface area contributed by atoms with E-state index < -0.39 is 11.9 Å². The molecule has 1 spiro atoms. The van der Waals surface area contributed by atoms with E-state index in [0.29, 0.717) is 24.6 Å². The van der Waals surface area contributed by atoms with E-state index in [9.17, 15) is 14.7 Å². The second-order valence-electron chi connectivity index (χ2n) is 14.2. The molecule has 0 aliphatic heterocycles. The van der Waals surface area contributed by atoms with Crippen LogP contribution < -0.4 is 11.3 Å². The van der Waals surface area contributed by atoms with Crippen LogP contribution in [0.4, 0.5) is 0 Å². The Morgan fingerprint density at radius 1 is 1.07 bits per heavy atom. The highest BCUT2D eigenvalue weighted by Crippen LogP contribution is 2.70. The van der Waals surface area contributed by atoms with Gasteiger partial charge in [-0.3, -0.25) is 18.9 Å². The zero-order valence-electron chi connectivity index (χ0n) is 26.6. The molecule has 2 heterocycles. The lowest BCUT2D eigenvalue weighted by Crippen LogP contribution is -2.54. The molecule has 3 aliphatic carbocycles. The van der Waals surface area contributed by atoms with Crippen LogP contribution in [0.1, 0.15) is 81.4 Å². The maximum absolute atomic E-state index is 14.2. The number of H-pyrrole nitrogens is 1. The van der Waals surface area contributed by atoms with Gasteiger partial charge in [0.25, 0.3) is 5.56 Å². The average Bonchev–Trinajstić information content (AvgIpc) is 3.54. The SMILES string of the molecule is CCCCc1nc(C)n(CC(O)C2CC3CC4CC(C)CC32C4)c(=O)c1Cc1ccc(-c2ccccc2-c2noc(=O)[nH]2)cc1. The van der Waals surface area contributed by atoms with Crippen molar-refractivity contribution >= 4 is 0 Å². The van der Waals surface area contributed by atoms with Crippen molar-refractivity contribution in [3.63, 3.8) is 0 Å². The van der Waals surface area contributed by atoms with Crippen LogP contribution in [0.25, 0.3) is 22.5 Å². The molecule has 4 aromatic rings. The zero-order chi connectivity index (χ0) is 31.3. The second-order valence-corrected chi connectivity index (χ2v) is 14.2. The normalized spacial score (nSPS) is 26.0. The third kappa shape index (κ3) is 5.41. The molecule has 3 fully saturated rings. The topological polar surface area (TPSA) is 114 Å². The summed E-state index contributed by atoms with van der Waals surface area (Å²) < 4.78 is 6.49. The Labute approximate surface area is 263 Å². The fraction of sp³-hybridized carbons (Fsp3) is 0.514. The van der Waals surface area contributed by atoms with Gasteiger partial charge in [0, 0.05) is 17.5 Å². The van der Waals surface area contributed by atoms with Crippen LogP contribution in [-0.2, 0) is 19.4 Å². The maximum atomic E-state index is 14.2. The van der Waals surface area contributed by atoms with Gasteiger partial charge in [0.2, 0.25) is 0 Å². The van der Waals surface area contributed by atoms with Crippen molar-refractivity contribution in [1.29, 1.82) is 0 Å². The van der Waals surface area contributed by atoms with Gasteiger partial charge in [-0.1, -0.05) is 74.0 Å². The van der Waals surface area contributed by atoms with Crippen molar-refractivity contribution in [1.82, 2.24) is 19.7 Å². The summed E-state index contributed by atoms with van der Waals surface area (Å²) in [5.74, 6) is 3.06. The summed E-state index contributed by atoms with van der Waals surface area (Å²) in [6, 6.07) is 15.9. The summed E-state index contributed by atoms with van der Waals surface area (Å²) >= 11 is 0. The highest BCUT2D eigenvalue weighted by Gasteiger charge is 2.63. The largest absolute Gasteiger partial charge is 0.439 e. The quantitative estimate of drug-likeness (QED) is 0.218. The summed E-state index contributed by atoms with van der Waals surface area (Å²) in [4.78, 5) is 33.4. The lowest BCUT2D eigenvalue weighted by molar-refractivity contribution is -0.121. The molecule has 2 aromatic heterocycles. The number of benzene rings is 2. The molecule has 0 saturated heterocycles. The molecule has 8 nitrogen and oxygen atoms in total. The van der Waals surface area contributed by atoms with Crippen molar-refractivity contribution in [2.45, 2.75) is 91.2 Å². The Morgan fingerprint density at radius 3 is 2.58 bits per heavy atom. The van der Waals surface area contributed by atoms with Gasteiger partial charge in [0.1, 0.15) is 5.82 Å². The predicted octanol–water partition coefficient (Wildman–Crippen LogP) is 6.32. The van der Waals surface area contributed by atoms with Crippen LogP contribution in [0.5, 0.6) is 0 Å². The predicted molar refractivity (Wildman–Crippen MR) is 174 cm³/mol. The minimum Gasteiger partial charge on any atom is -0.391 e. The molecule has 8 heteroatoms. The molecule has 2 bridgehead atoms. The van der Waals surface area contributed by atoms with Crippen molar-refractivity contribution in [2.24, 2.45) is 29.1 Å². The van der Waals surface area contributed by atoms with E-state index in [-0.39, 0.29) is 16.9 Å². The first-order valence-corrected chi connectivity index (χ1v) is 16.8. The van der Waals surface area contributed by atoms with Gasteiger partial charge in [0.05, 0.1) is 18.3 Å². The van der Waals surface area contributed by atoms with Gasteiger partial charge in [-0.05, 0) is 97.6 Å². The lowest BCUT2D eigenvalue weighted by Gasteiger charge is -2.57. The van der Waals surface area contributed by atoms with E-state index in [1.165, 1.54) is 25.7 Å². The van der Waals surface area contributed by atoms with E-state index in [4.69, 9.17) is 9.51 Å². The number of aliphatic hydroxyl groups is 1. The number of rotatable bonds is 10. The highest BCUT2D eigenvalue weighted by atomic mass is 16.5. The van der Waals surface area contributed by atoms with E-state index in [0.717, 1.165) is 76.9 Å². The smallest absolute Gasteiger partial charge is 0.391 e. The third-order valence-electron chi connectivity index (χ3n) is 11.2. The number of aromatic amines is 1. The molecule has 2 N–H and O–H groups in total. The molecule has 0 radical (unpaired) electrons. The van der Waals surface area contributed by atoms with Crippen LogP contribution in [0.15, 0.2) is 62.6 Å². The molecule has 2 aromatic carbocycles. The van der Waals surface area contributed by atoms with Crippen molar-refractivity contribution < 1.29 is 9.63 Å². The van der Waals surface area contributed by atoms with Crippen molar-refractivity contribution in [3.05, 3.63) is 92.1 Å². The van der Waals surface area contributed by atoms with Gasteiger partial charge >= 0.3 is 5.76 Å². The number of aliphatic hydroxyl groups excluding tert-OH is 1. The lowest BCUT2D eigenvalue weighted by atomic mass is 9.49. The molecule has 7 rings (SSSR count). The number of aryl methyl sites for hydroxylation is 2. The van der Waals surface area contributed by atoms with Gasteiger partial charge in [-0.15, -0.1) is 0 Å². The number of unbranched alkanes of at least 4 members (excludes halogenated alkanes) is 1. The molecule has 3 saturated carbocycles. The zero-order valence-corrected chi connectivity index (χ0v) is 26.6. The molecule has 236 valence electrons. The fourth-order valence-corrected chi connectivity index (χ4v) is 9.32. The molecule has 6 unspecified atom stereocenters. The molecule has 6 atom stereocenters. The third-order valence-corrected chi connectivity index (χ3v) is 11.2. The number of hydrogen-bond donors (Lipinski definition) is 2. The van der Waals surface area contributed by atoms with E-state index in [1.807, 2.05) is 55.5 Å². The first-order valence-electron chi connectivity index (χ1n) is 16.8. The molecule has 45 heavy (non-hydrogen) atoms. The van der Waals surface area contributed by atoms with Gasteiger partial charge in [-0.2, -0.15) is 0 Å². The number of nitrogens with zero attached hydrogens (tertiary/aromatic N) is 3. The number of aromatic nitrogens is 4. The summed E-state index contributed by atoms with van der Waals surface area (Å²) in [7, 11) is 0. The highest BCUT2D eigenvalue weighted by molar-refractivity contribution is 5.80. The number of hydrogen-bond acceptors (Lipinski definition) is 6. The minimum atomic E-state index is -0.591. The summed E-state index contributed by atoms with van der Waals surface area (Å²) in [5.41, 5.74) is 5.54. The fourth-order valence-electron chi connectivity index (χ4n) is 9.32. The van der Waals surface area contributed by atoms with Gasteiger partial charge < -0.3 is 5.11 Å². The van der Waals surface area contributed by atoms with E-state index >= 15 is 0 Å². The summed E-state index contributed by atoms with van der Waals surface area (Å²) in [6.45, 7) is 6.76. The van der Waals surface area contributed by atoms with Crippen LogP contribution in [0, 0.1) is 36.0 Å². The summed E-state index contributed by atoms with van der Waals surface area (Å²) in [5, 5.41) is 15.5. The molecule has 0 amide bonds. The minimum absolute atomic E-state index is 0.0215. The summed E-state index contributed by atoms with van der Waals surface area (Å²) in [6.07, 6.45) is 8.94. The van der Waals surface area contributed by atoms with Crippen LogP contribution in [0.2, 0.25) is 0 Å². The van der Waals surface area contributed by atoms with Gasteiger partial charge in [-0.25, -0.2) is 9.78 Å². The Kier molecular flexibility index (Phi) is 7.88. The average molecular weight is 609 g/mol. The Bertz CT molecular complexity index is 1800. The maximum Gasteiger partial charge on any atom is 0.439 e. The molecular formula is C37H44N4O4. The van der Waals surface area contributed by atoms with Gasteiger partial charge in [0.15, 0.2) is 5.82 Å². The van der Waals surface area contributed by atoms with Crippen LogP contribution >= 0.6 is 0 Å². The van der Waals surface area contributed by atoms with Crippen molar-refractivity contribution in [3.8, 4) is 22.5 Å². The number of fused-ring (bicyclic) bond motifs is 1. The standard InChI is InChI=1S/C37H44N4O4/c1-4-5-10-32-30(17-24-11-13-26(14-12-24)28-8-6-7-9-29(28)34-39-36(44)45-40-34)35(43)41(23(3)38-32)21-33(42)31-18-27-16-25-15-22(2)19-37(27,31)20-25/h6-9,11-14,22,25,27,31,33,42H,4-5,10,15-21H2,1-3H3,(H,39,40,44). The Balaban J connectivity index is 1.15.